The summed E-state index contributed by atoms with van der Waals surface area (Å²) >= 11 is 0. The van der Waals surface area contributed by atoms with Gasteiger partial charge in [-0.05, 0) is 11.1 Å². The number of carbonyl (C=O) groups excluding carboxylic acids is 2. The van der Waals surface area contributed by atoms with Crippen LogP contribution in [0.1, 0.15) is 26.3 Å². The van der Waals surface area contributed by atoms with Crippen LogP contribution in [0.5, 0.6) is 17.2 Å². The van der Waals surface area contributed by atoms with E-state index < -0.39 is 5.97 Å². The minimum atomic E-state index is -0.445. The summed E-state index contributed by atoms with van der Waals surface area (Å²) in [6.45, 7) is 0.109. The molecule has 0 aliphatic heterocycles. The molecule has 0 aliphatic rings. The maximum atomic E-state index is 12.6. The van der Waals surface area contributed by atoms with Crippen molar-refractivity contribution in [2.45, 2.75) is 6.61 Å². The number of ether oxygens (including phenoxy) is 4. The van der Waals surface area contributed by atoms with Crippen LogP contribution in [0, 0.1) is 0 Å². The molecule has 3 aromatic rings. The van der Waals surface area contributed by atoms with E-state index in [-0.39, 0.29) is 6.61 Å². The van der Waals surface area contributed by atoms with Crippen molar-refractivity contribution < 1.29 is 28.5 Å². The quantitative estimate of drug-likeness (QED) is 0.404. The van der Waals surface area contributed by atoms with Crippen LogP contribution in [-0.4, -0.2) is 33.6 Å². The van der Waals surface area contributed by atoms with Gasteiger partial charge in [-0.2, -0.15) is 0 Å². The van der Waals surface area contributed by atoms with Crippen LogP contribution in [0.4, 0.5) is 0 Å². The highest BCUT2D eigenvalue weighted by Crippen LogP contribution is 2.34. The first kappa shape index (κ1) is 20.9. The predicted octanol–water partition coefficient (Wildman–Crippen LogP) is 4.55. The van der Waals surface area contributed by atoms with E-state index in [1.807, 2.05) is 48.5 Å². The minimum Gasteiger partial charge on any atom is -0.496 e. The average molecular weight is 406 g/mol. The molecule has 0 aliphatic carbocycles. The van der Waals surface area contributed by atoms with Gasteiger partial charge in [0.25, 0.3) is 0 Å². The van der Waals surface area contributed by atoms with Gasteiger partial charge in [0.2, 0.25) is 0 Å². The van der Waals surface area contributed by atoms with Gasteiger partial charge in [-0.15, -0.1) is 0 Å². The van der Waals surface area contributed by atoms with Gasteiger partial charge in [0.15, 0.2) is 6.29 Å². The monoisotopic (exact) mass is 406 g/mol. The summed E-state index contributed by atoms with van der Waals surface area (Å²) < 4.78 is 21.5. The lowest BCUT2D eigenvalue weighted by Gasteiger charge is -2.16. The summed E-state index contributed by atoms with van der Waals surface area (Å²) in [6.07, 6.45) is 0.667. The van der Waals surface area contributed by atoms with E-state index in [9.17, 15) is 9.59 Å². The third-order valence-corrected chi connectivity index (χ3v) is 4.65. The van der Waals surface area contributed by atoms with Crippen molar-refractivity contribution in [2.24, 2.45) is 0 Å². The van der Waals surface area contributed by atoms with E-state index in [0.717, 1.165) is 11.1 Å². The van der Waals surface area contributed by atoms with Crippen molar-refractivity contribution in [3.63, 3.8) is 0 Å². The van der Waals surface area contributed by atoms with Gasteiger partial charge < -0.3 is 18.9 Å². The molecule has 154 valence electrons. The molecule has 0 aromatic heterocycles. The van der Waals surface area contributed by atoms with Gasteiger partial charge >= 0.3 is 5.97 Å². The van der Waals surface area contributed by atoms with Crippen molar-refractivity contribution in [3.8, 4) is 28.4 Å². The van der Waals surface area contributed by atoms with Crippen LogP contribution < -0.4 is 14.2 Å². The number of rotatable bonds is 8. The molecule has 0 amide bonds. The molecule has 30 heavy (non-hydrogen) atoms. The zero-order chi connectivity index (χ0) is 21.5. The molecule has 6 heteroatoms. The molecular formula is C24H22O6. The molecule has 6 nitrogen and oxygen atoms in total. The summed E-state index contributed by atoms with van der Waals surface area (Å²) in [5.74, 6) is 0.672. The predicted molar refractivity (Wildman–Crippen MR) is 112 cm³/mol. The Hall–Kier alpha value is -3.80. The van der Waals surface area contributed by atoms with Crippen LogP contribution in [0.15, 0.2) is 60.7 Å². The molecule has 3 rings (SSSR count). The molecule has 0 radical (unpaired) electrons. The van der Waals surface area contributed by atoms with Gasteiger partial charge in [-0.1, -0.05) is 48.5 Å². The fourth-order valence-corrected chi connectivity index (χ4v) is 3.20. The van der Waals surface area contributed by atoms with Crippen LogP contribution in [0.2, 0.25) is 0 Å². The van der Waals surface area contributed by atoms with E-state index in [4.69, 9.17) is 18.9 Å². The van der Waals surface area contributed by atoms with Crippen molar-refractivity contribution in [1.29, 1.82) is 0 Å². The normalized spacial score (nSPS) is 10.2. The number of aldehydes is 1. The topological polar surface area (TPSA) is 71.1 Å². The highest BCUT2D eigenvalue weighted by molar-refractivity contribution is 5.98. The lowest BCUT2D eigenvalue weighted by molar-refractivity contribution is 0.0598. The Morgan fingerprint density at radius 3 is 2.13 bits per heavy atom. The van der Waals surface area contributed by atoms with Gasteiger partial charge in [0, 0.05) is 17.7 Å². The van der Waals surface area contributed by atoms with Gasteiger partial charge in [-0.25, -0.2) is 4.79 Å². The molecular weight excluding hydrogens is 384 g/mol. The number of benzene rings is 3. The summed E-state index contributed by atoms with van der Waals surface area (Å²) in [7, 11) is 4.27. The first-order chi connectivity index (χ1) is 14.6. The molecule has 0 spiro atoms. The van der Waals surface area contributed by atoms with Crippen LogP contribution in [-0.2, 0) is 11.3 Å². The molecule has 0 saturated heterocycles. The molecule has 0 saturated carbocycles. The number of hydrogen-bond acceptors (Lipinski definition) is 6. The van der Waals surface area contributed by atoms with Crippen LogP contribution >= 0.6 is 0 Å². The largest absolute Gasteiger partial charge is 0.496 e. The molecule has 0 bridgehead atoms. The molecule has 0 fully saturated rings. The highest BCUT2D eigenvalue weighted by Gasteiger charge is 2.19. The number of hydrogen-bond donors (Lipinski definition) is 0. The van der Waals surface area contributed by atoms with Crippen molar-refractivity contribution in [3.05, 3.63) is 77.4 Å². The van der Waals surface area contributed by atoms with E-state index in [2.05, 4.69) is 0 Å². The second kappa shape index (κ2) is 9.60. The molecule has 0 atom stereocenters. The van der Waals surface area contributed by atoms with Crippen LogP contribution in [0.3, 0.4) is 0 Å². The Labute approximate surface area is 175 Å². The summed E-state index contributed by atoms with van der Waals surface area (Å²) in [6, 6.07) is 18.3. The minimum absolute atomic E-state index is 0.109. The fraction of sp³-hybridized carbons (Fsp3) is 0.167. The number of methoxy groups -OCH3 is 3. The van der Waals surface area contributed by atoms with E-state index in [0.29, 0.717) is 40.2 Å². The molecule has 0 heterocycles. The van der Waals surface area contributed by atoms with Crippen molar-refractivity contribution >= 4 is 12.3 Å². The van der Waals surface area contributed by atoms with E-state index >= 15 is 0 Å². The van der Waals surface area contributed by atoms with Crippen molar-refractivity contribution in [1.82, 2.24) is 0 Å². The standard InChI is InChI=1S/C24H22O6/c1-27-21-12-18(13-22(28-2)20(21)14-25)30-15-17-10-7-11-19(23(17)24(26)29-3)16-8-5-4-6-9-16/h4-14H,15H2,1-3H3. The van der Waals surface area contributed by atoms with E-state index in [1.165, 1.54) is 21.3 Å². The second-order valence-electron chi connectivity index (χ2n) is 6.35. The summed E-state index contributed by atoms with van der Waals surface area (Å²) in [5, 5.41) is 0. The fourth-order valence-electron chi connectivity index (χ4n) is 3.20. The van der Waals surface area contributed by atoms with Gasteiger partial charge in [0.05, 0.1) is 32.5 Å². The van der Waals surface area contributed by atoms with Gasteiger partial charge in [-0.3, -0.25) is 4.79 Å². The van der Waals surface area contributed by atoms with E-state index in [1.54, 1.807) is 12.1 Å². The molecule has 3 aromatic carbocycles. The maximum absolute atomic E-state index is 12.6. The maximum Gasteiger partial charge on any atom is 0.338 e. The zero-order valence-electron chi connectivity index (χ0n) is 17.0. The Bertz CT molecular complexity index is 1020. The third-order valence-electron chi connectivity index (χ3n) is 4.65. The Morgan fingerprint density at radius 1 is 0.900 bits per heavy atom. The van der Waals surface area contributed by atoms with Crippen molar-refractivity contribution in [2.75, 3.05) is 21.3 Å². The lowest BCUT2D eigenvalue weighted by atomic mass is 9.95. The molecule has 0 unspecified atom stereocenters. The Kier molecular flexibility index (Phi) is 6.70. The molecule has 0 N–H and O–H groups in total. The lowest BCUT2D eigenvalue weighted by Crippen LogP contribution is -2.10. The Balaban J connectivity index is 1.98. The average Bonchev–Trinajstić information content (AvgIpc) is 2.81. The SMILES string of the molecule is COC(=O)c1c(COc2cc(OC)c(C=O)c(OC)c2)cccc1-c1ccccc1. The first-order valence-electron chi connectivity index (χ1n) is 9.22. The third kappa shape index (κ3) is 4.27. The number of esters is 1. The highest BCUT2D eigenvalue weighted by atomic mass is 16.5. The number of carbonyl (C=O) groups is 2. The zero-order valence-corrected chi connectivity index (χ0v) is 17.0. The smallest absolute Gasteiger partial charge is 0.338 e. The Morgan fingerprint density at radius 2 is 1.57 bits per heavy atom. The van der Waals surface area contributed by atoms with Gasteiger partial charge in [0.1, 0.15) is 23.9 Å². The second-order valence-corrected chi connectivity index (χ2v) is 6.35. The summed E-state index contributed by atoms with van der Waals surface area (Å²) in [4.78, 5) is 23.9. The summed E-state index contributed by atoms with van der Waals surface area (Å²) in [5.41, 5.74) is 3.07. The van der Waals surface area contributed by atoms with Crippen LogP contribution in [0.25, 0.3) is 11.1 Å². The first-order valence-corrected chi connectivity index (χ1v) is 9.22.